The molecule has 0 aromatic heterocycles. The largest absolute Gasteiger partial charge is 0.481 e. The third-order valence-electron chi connectivity index (χ3n) is 8.18. The van der Waals surface area contributed by atoms with Crippen LogP contribution in [-0.4, -0.2) is 55.2 Å². The van der Waals surface area contributed by atoms with Gasteiger partial charge in [0.2, 0.25) is 5.91 Å². The molecule has 3 aromatic rings. The molecule has 0 spiro atoms. The second-order valence-corrected chi connectivity index (χ2v) is 11.3. The number of nitrogens with one attached hydrogen (secondary N) is 2. The van der Waals surface area contributed by atoms with Crippen LogP contribution in [0.15, 0.2) is 66.7 Å². The average Bonchev–Trinajstić information content (AvgIpc) is 3.00. The van der Waals surface area contributed by atoms with E-state index in [1.165, 1.54) is 5.69 Å². The van der Waals surface area contributed by atoms with Crippen LogP contribution in [0.2, 0.25) is 0 Å². The molecule has 0 unspecified atom stereocenters. The summed E-state index contributed by atoms with van der Waals surface area (Å²) in [6.07, 6.45) is 3.12. The topological polar surface area (TPSA) is 111 Å². The fourth-order valence-corrected chi connectivity index (χ4v) is 5.98. The van der Waals surface area contributed by atoms with Crippen molar-refractivity contribution >= 4 is 40.5 Å². The molecule has 5 rings (SSSR count). The van der Waals surface area contributed by atoms with Crippen molar-refractivity contribution in [3.63, 3.8) is 0 Å². The molecule has 1 fully saturated rings. The summed E-state index contributed by atoms with van der Waals surface area (Å²) in [6.45, 7) is 6.86. The number of carboxylic acid groups (broad SMARTS) is 1. The molecular formula is C34H40N4O5. The SMILES string of the molecule is CC(=O)N1c2ccc(C(=O)Nc3ccc(CCCCC(=O)O)cc3)cc2[C@H](Nc2ccc(N3CCOCC3)cc2)C[C@@H]1C. The van der Waals surface area contributed by atoms with E-state index in [2.05, 4.69) is 46.7 Å². The van der Waals surface area contributed by atoms with Crippen LogP contribution < -0.4 is 20.4 Å². The van der Waals surface area contributed by atoms with Gasteiger partial charge in [-0.25, -0.2) is 0 Å². The summed E-state index contributed by atoms with van der Waals surface area (Å²) in [5.74, 6) is -1.02. The number of nitrogens with zero attached hydrogens (tertiary/aromatic N) is 2. The number of hydrogen-bond acceptors (Lipinski definition) is 6. The van der Waals surface area contributed by atoms with Crippen LogP contribution in [0.5, 0.6) is 0 Å². The highest BCUT2D eigenvalue weighted by atomic mass is 16.5. The highest BCUT2D eigenvalue weighted by Crippen LogP contribution is 2.40. The number of carbonyl (C=O) groups is 3. The number of carbonyl (C=O) groups excluding carboxylic acids is 2. The van der Waals surface area contributed by atoms with Crippen molar-refractivity contribution < 1.29 is 24.2 Å². The minimum Gasteiger partial charge on any atom is -0.481 e. The van der Waals surface area contributed by atoms with Crippen molar-refractivity contribution in [2.75, 3.05) is 46.7 Å². The number of ether oxygens (including phenoxy) is 1. The Bertz CT molecular complexity index is 1430. The Balaban J connectivity index is 1.30. The van der Waals surface area contributed by atoms with Crippen molar-refractivity contribution in [1.29, 1.82) is 0 Å². The van der Waals surface area contributed by atoms with E-state index >= 15 is 0 Å². The Morgan fingerprint density at radius 3 is 2.30 bits per heavy atom. The van der Waals surface area contributed by atoms with Gasteiger partial charge in [-0.1, -0.05) is 12.1 Å². The van der Waals surface area contributed by atoms with Crippen LogP contribution in [0.3, 0.4) is 0 Å². The van der Waals surface area contributed by atoms with Gasteiger partial charge >= 0.3 is 5.97 Å². The van der Waals surface area contributed by atoms with Crippen molar-refractivity contribution in [2.45, 2.75) is 58.0 Å². The van der Waals surface area contributed by atoms with E-state index in [1.807, 2.05) is 41.3 Å². The van der Waals surface area contributed by atoms with Crippen LogP contribution >= 0.6 is 0 Å². The predicted molar refractivity (Wildman–Crippen MR) is 169 cm³/mol. The summed E-state index contributed by atoms with van der Waals surface area (Å²) in [6, 6.07) is 21.5. The summed E-state index contributed by atoms with van der Waals surface area (Å²) >= 11 is 0. The second kappa shape index (κ2) is 13.7. The fourth-order valence-electron chi connectivity index (χ4n) is 5.98. The van der Waals surface area contributed by atoms with Gasteiger partial charge < -0.3 is 30.3 Å². The van der Waals surface area contributed by atoms with Crippen molar-refractivity contribution in [1.82, 2.24) is 0 Å². The van der Waals surface area contributed by atoms with Gasteiger partial charge in [0, 0.05) is 60.8 Å². The lowest BCUT2D eigenvalue weighted by Gasteiger charge is -2.39. The molecule has 3 N–H and O–H groups in total. The molecule has 0 radical (unpaired) electrons. The minimum atomic E-state index is -0.774. The first kappa shape index (κ1) is 30.1. The van der Waals surface area contributed by atoms with Crippen LogP contribution in [0.4, 0.5) is 22.7 Å². The molecule has 2 amide bonds. The first-order valence-corrected chi connectivity index (χ1v) is 15.0. The summed E-state index contributed by atoms with van der Waals surface area (Å²) < 4.78 is 5.48. The van der Waals surface area contributed by atoms with Crippen molar-refractivity contribution in [2.24, 2.45) is 0 Å². The van der Waals surface area contributed by atoms with Gasteiger partial charge in [-0.3, -0.25) is 14.4 Å². The number of unbranched alkanes of at least 4 members (excludes halogenated alkanes) is 1. The highest BCUT2D eigenvalue weighted by molar-refractivity contribution is 6.05. The zero-order valence-electron chi connectivity index (χ0n) is 24.8. The molecule has 9 nitrogen and oxygen atoms in total. The van der Waals surface area contributed by atoms with E-state index in [-0.39, 0.29) is 30.3 Å². The third-order valence-corrected chi connectivity index (χ3v) is 8.18. The van der Waals surface area contributed by atoms with Crippen LogP contribution in [-0.2, 0) is 20.7 Å². The van der Waals surface area contributed by atoms with Crippen molar-refractivity contribution in [3.05, 3.63) is 83.4 Å². The van der Waals surface area contributed by atoms with Crippen molar-refractivity contribution in [3.8, 4) is 0 Å². The number of hydrogen-bond donors (Lipinski definition) is 3. The van der Waals surface area contributed by atoms with Gasteiger partial charge in [-0.05, 0) is 98.3 Å². The lowest BCUT2D eigenvalue weighted by Crippen LogP contribution is -2.43. The molecule has 0 aliphatic carbocycles. The molecule has 0 bridgehead atoms. The van der Waals surface area contributed by atoms with Gasteiger partial charge in [0.05, 0.1) is 19.3 Å². The second-order valence-electron chi connectivity index (χ2n) is 11.3. The van der Waals surface area contributed by atoms with E-state index < -0.39 is 5.97 Å². The average molecular weight is 585 g/mol. The summed E-state index contributed by atoms with van der Waals surface area (Å²) in [5, 5.41) is 15.5. The van der Waals surface area contributed by atoms with Gasteiger partial charge in [-0.15, -0.1) is 0 Å². The normalized spacial score (nSPS) is 18.1. The lowest BCUT2D eigenvalue weighted by molar-refractivity contribution is -0.137. The van der Waals surface area contributed by atoms with E-state index in [0.29, 0.717) is 24.1 Å². The van der Waals surface area contributed by atoms with Crippen LogP contribution in [0.1, 0.15) is 67.1 Å². The zero-order valence-corrected chi connectivity index (χ0v) is 24.8. The highest BCUT2D eigenvalue weighted by Gasteiger charge is 2.33. The first-order valence-electron chi connectivity index (χ1n) is 15.0. The maximum absolute atomic E-state index is 13.3. The number of morpholine rings is 1. The molecule has 226 valence electrons. The maximum Gasteiger partial charge on any atom is 0.303 e. The van der Waals surface area contributed by atoms with E-state index in [0.717, 1.165) is 61.6 Å². The maximum atomic E-state index is 13.3. The number of rotatable bonds is 10. The molecular weight excluding hydrogens is 544 g/mol. The van der Waals surface area contributed by atoms with Gasteiger partial charge in [0.15, 0.2) is 0 Å². The lowest BCUT2D eigenvalue weighted by atomic mass is 9.90. The molecule has 3 aromatic carbocycles. The number of amides is 2. The van der Waals surface area contributed by atoms with E-state index in [9.17, 15) is 14.4 Å². The minimum absolute atomic E-state index is 0.00237. The summed E-state index contributed by atoms with van der Waals surface area (Å²) in [7, 11) is 0. The molecule has 2 heterocycles. The van der Waals surface area contributed by atoms with Gasteiger partial charge in [0.25, 0.3) is 5.91 Å². The summed E-state index contributed by atoms with van der Waals surface area (Å²) in [5.41, 5.74) is 6.18. The number of benzene rings is 3. The summed E-state index contributed by atoms with van der Waals surface area (Å²) in [4.78, 5) is 40.8. The van der Waals surface area contributed by atoms with Crippen LogP contribution in [0.25, 0.3) is 0 Å². The predicted octanol–water partition coefficient (Wildman–Crippen LogP) is 5.87. The number of carboxylic acids is 1. The molecule has 2 atom stereocenters. The quantitative estimate of drug-likeness (QED) is 0.256. The number of fused-ring (bicyclic) bond motifs is 1. The molecule has 2 aliphatic rings. The standard InChI is InChI=1S/C34H40N4O5/c1-23-21-31(35-27-12-14-29(15-13-27)37-17-19-43-20-18-37)30-22-26(9-16-32(30)38(23)24(2)39)34(42)36-28-10-7-25(8-11-28)5-3-4-6-33(40)41/h7-16,22-23,31,35H,3-6,17-21H2,1-2H3,(H,36,42)(H,40,41)/t23-,31+/m0/s1. The molecule has 43 heavy (non-hydrogen) atoms. The van der Waals surface area contributed by atoms with Crippen LogP contribution in [0, 0.1) is 0 Å². The Labute approximate surface area is 252 Å². The zero-order chi connectivity index (χ0) is 30.3. The number of aliphatic carboxylic acids is 1. The Morgan fingerprint density at radius 2 is 1.63 bits per heavy atom. The van der Waals surface area contributed by atoms with Gasteiger partial charge in [0.1, 0.15) is 0 Å². The Hall–Kier alpha value is -4.37. The molecule has 9 heteroatoms. The smallest absolute Gasteiger partial charge is 0.303 e. The molecule has 1 saturated heterocycles. The number of anilines is 4. The van der Waals surface area contributed by atoms with E-state index in [1.54, 1.807) is 13.0 Å². The fraction of sp³-hybridized carbons (Fsp3) is 0.382. The Morgan fingerprint density at radius 1 is 0.930 bits per heavy atom. The molecule has 0 saturated carbocycles. The van der Waals surface area contributed by atoms with Gasteiger partial charge in [-0.2, -0.15) is 0 Å². The third kappa shape index (κ3) is 7.53. The van der Waals surface area contributed by atoms with E-state index in [4.69, 9.17) is 9.84 Å². The first-order chi connectivity index (χ1) is 20.8. The molecule has 2 aliphatic heterocycles. The monoisotopic (exact) mass is 584 g/mol. The number of aryl methyl sites for hydroxylation is 1. The Kier molecular flexibility index (Phi) is 9.61.